The third-order valence-electron chi connectivity index (χ3n) is 5.46. The largest absolute Gasteiger partial charge is 0.496 e. The van der Waals surface area contributed by atoms with Gasteiger partial charge in [0.2, 0.25) is 5.91 Å². The van der Waals surface area contributed by atoms with Crippen LogP contribution in [0.3, 0.4) is 0 Å². The summed E-state index contributed by atoms with van der Waals surface area (Å²) in [6.07, 6.45) is 2.07. The number of aryl methyl sites for hydroxylation is 2. The van der Waals surface area contributed by atoms with Gasteiger partial charge in [-0.3, -0.25) is 4.79 Å². The molecule has 0 unspecified atom stereocenters. The van der Waals surface area contributed by atoms with E-state index in [0.717, 1.165) is 46.0 Å². The third kappa shape index (κ3) is 3.35. The number of nitrogens with zero attached hydrogens (tertiary/aromatic N) is 1. The topological polar surface area (TPSA) is 57.2 Å². The van der Waals surface area contributed by atoms with Gasteiger partial charge in [-0.05, 0) is 60.4 Å². The molecule has 0 saturated carbocycles. The number of benzene rings is 3. The van der Waals surface area contributed by atoms with Crippen LogP contribution in [0.15, 0.2) is 48.5 Å². The first-order valence-corrected chi connectivity index (χ1v) is 9.92. The van der Waals surface area contributed by atoms with Crippen LogP contribution in [0.4, 0.5) is 0 Å². The van der Waals surface area contributed by atoms with Gasteiger partial charge in [-0.25, -0.2) is 0 Å². The number of hydrogen-bond acceptors (Lipinski definition) is 2. The maximum absolute atomic E-state index is 12.1. The normalized spacial score (nSPS) is 11.3. The molecule has 0 aliphatic carbocycles. The molecule has 0 fully saturated rings. The van der Waals surface area contributed by atoms with E-state index in [0.29, 0.717) is 12.1 Å². The second-order valence-corrected chi connectivity index (χ2v) is 7.47. The lowest BCUT2D eigenvalue weighted by atomic mass is 10.0. The van der Waals surface area contributed by atoms with Crippen molar-refractivity contribution in [3.63, 3.8) is 0 Å². The number of methoxy groups -OCH3 is 1. The molecular formula is C25H25N2O2. The molecule has 1 radical (unpaired) electrons. The fourth-order valence-electron chi connectivity index (χ4n) is 4.13. The van der Waals surface area contributed by atoms with Gasteiger partial charge < -0.3 is 15.0 Å². The number of amides is 1. The summed E-state index contributed by atoms with van der Waals surface area (Å²) in [5, 5.41) is 1.82. The van der Waals surface area contributed by atoms with Gasteiger partial charge in [-0.2, -0.15) is 0 Å². The Kier molecular flexibility index (Phi) is 5.01. The van der Waals surface area contributed by atoms with E-state index in [1.165, 1.54) is 11.1 Å². The number of nitrogens with two attached hydrogens (primary N) is 1. The monoisotopic (exact) mass is 385 g/mol. The highest BCUT2D eigenvalue weighted by Gasteiger charge is 2.17. The van der Waals surface area contributed by atoms with Crippen molar-refractivity contribution in [2.75, 3.05) is 7.11 Å². The first kappa shape index (κ1) is 19.1. The summed E-state index contributed by atoms with van der Waals surface area (Å²) in [5.41, 5.74) is 11.8. The Morgan fingerprint density at radius 2 is 1.97 bits per heavy atom. The van der Waals surface area contributed by atoms with Crippen molar-refractivity contribution in [3.8, 4) is 5.75 Å². The van der Waals surface area contributed by atoms with E-state index in [-0.39, 0.29) is 0 Å². The minimum Gasteiger partial charge on any atom is -0.496 e. The van der Waals surface area contributed by atoms with E-state index < -0.39 is 5.91 Å². The maximum Gasteiger partial charge on any atom is 0.249 e. The van der Waals surface area contributed by atoms with Gasteiger partial charge in [0.25, 0.3) is 0 Å². The molecule has 2 N–H and O–H groups in total. The first-order chi connectivity index (χ1) is 14.0. The molecule has 0 aliphatic rings. The van der Waals surface area contributed by atoms with Gasteiger partial charge in [0.15, 0.2) is 0 Å². The lowest BCUT2D eigenvalue weighted by Crippen LogP contribution is -2.11. The number of carbonyl (C=O) groups is 1. The summed E-state index contributed by atoms with van der Waals surface area (Å²) in [6, 6.07) is 19.6. The molecule has 4 heteroatoms. The number of fused-ring (bicyclic) bond motifs is 3. The van der Waals surface area contributed by atoms with Gasteiger partial charge >= 0.3 is 0 Å². The molecule has 4 rings (SSSR count). The van der Waals surface area contributed by atoms with Gasteiger partial charge in [-0.15, -0.1) is 0 Å². The SMILES string of the molecule is CCCc1c[c]c2c3c(C(N)=O)cccc3n(Cc3ccc(OC)c(C)c3)c2c1. The standard InChI is InChI=1S/C25H25N2O2/c1-4-6-17-9-11-19-22(14-17)27(15-18-10-12-23(29-3)16(2)13-18)21-8-5-7-20(24(19)21)25(26)28/h5,7-10,12-14H,4,6,15H2,1-3H3,(H2,26,28). The number of ether oxygens (including phenoxy) is 1. The van der Waals surface area contributed by atoms with Gasteiger partial charge in [0.1, 0.15) is 5.75 Å². The minimum atomic E-state index is -0.416. The number of primary amides is 1. The van der Waals surface area contributed by atoms with E-state index in [9.17, 15) is 4.79 Å². The van der Waals surface area contributed by atoms with Crippen molar-refractivity contribution < 1.29 is 9.53 Å². The van der Waals surface area contributed by atoms with E-state index >= 15 is 0 Å². The molecule has 4 aromatic rings. The van der Waals surface area contributed by atoms with Crippen LogP contribution in [-0.2, 0) is 13.0 Å². The lowest BCUT2D eigenvalue weighted by molar-refractivity contribution is 0.100. The zero-order chi connectivity index (χ0) is 20.5. The van der Waals surface area contributed by atoms with E-state index in [1.807, 2.05) is 31.2 Å². The van der Waals surface area contributed by atoms with Crippen molar-refractivity contribution in [1.82, 2.24) is 4.57 Å². The van der Waals surface area contributed by atoms with Crippen molar-refractivity contribution in [3.05, 3.63) is 76.9 Å². The number of aromatic nitrogens is 1. The van der Waals surface area contributed by atoms with Crippen LogP contribution in [0, 0.1) is 13.0 Å². The molecule has 3 aromatic carbocycles. The molecule has 1 heterocycles. The Morgan fingerprint density at radius 1 is 1.14 bits per heavy atom. The molecule has 0 bridgehead atoms. The first-order valence-electron chi connectivity index (χ1n) is 9.92. The summed E-state index contributed by atoms with van der Waals surface area (Å²) in [6.45, 7) is 4.91. The van der Waals surface area contributed by atoms with E-state index in [2.05, 4.69) is 35.8 Å². The van der Waals surface area contributed by atoms with Crippen LogP contribution < -0.4 is 10.5 Å². The lowest BCUT2D eigenvalue weighted by Gasteiger charge is -2.11. The molecule has 147 valence electrons. The molecule has 4 nitrogen and oxygen atoms in total. The highest BCUT2D eigenvalue weighted by Crippen LogP contribution is 2.33. The van der Waals surface area contributed by atoms with Crippen LogP contribution >= 0.6 is 0 Å². The molecule has 1 aromatic heterocycles. The van der Waals surface area contributed by atoms with Crippen LogP contribution in [0.2, 0.25) is 0 Å². The molecule has 1 amide bonds. The van der Waals surface area contributed by atoms with Gasteiger partial charge in [0, 0.05) is 22.9 Å². The highest BCUT2D eigenvalue weighted by molar-refractivity contribution is 6.17. The van der Waals surface area contributed by atoms with Crippen molar-refractivity contribution in [2.24, 2.45) is 5.73 Å². The fourth-order valence-corrected chi connectivity index (χ4v) is 4.13. The fraction of sp³-hybridized carbons (Fsp3) is 0.240. The quantitative estimate of drug-likeness (QED) is 0.507. The van der Waals surface area contributed by atoms with Crippen molar-refractivity contribution >= 4 is 27.7 Å². The van der Waals surface area contributed by atoms with E-state index in [1.54, 1.807) is 13.2 Å². The highest BCUT2D eigenvalue weighted by atomic mass is 16.5. The molecule has 0 atom stereocenters. The number of carbonyl (C=O) groups excluding carboxylic acids is 1. The summed E-state index contributed by atoms with van der Waals surface area (Å²) in [4.78, 5) is 12.1. The molecule has 0 aliphatic heterocycles. The average Bonchev–Trinajstić information content (AvgIpc) is 3.01. The van der Waals surface area contributed by atoms with E-state index in [4.69, 9.17) is 10.5 Å². The Balaban J connectivity index is 1.97. The Labute approximate surface area is 170 Å². The smallest absolute Gasteiger partial charge is 0.249 e. The summed E-state index contributed by atoms with van der Waals surface area (Å²) >= 11 is 0. The van der Waals surface area contributed by atoms with Crippen LogP contribution in [0.25, 0.3) is 21.8 Å². The molecule has 0 saturated heterocycles. The second kappa shape index (κ2) is 7.63. The van der Waals surface area contributed by atoms with Crippen LogP contribution in [0.5, 0.6) is 5.75 Å². The van der Waals surface area contributed by atoms with Crippen molar-refractivity contribution in [2.45, 2.75) is 33.2 Å². The summed E-state index contributed by atoms with van der Waals surface area (Å²) in [5.74, 6) is 0.464. The molecule has 0 spiro atoms. The van der Waals surface area contributed by atoms with Crippen LogP contribution in [0.1, 0.15) is 40.4 Å². The van der Waals surface area contributed by atoms with Crippen molar-refractivity contribution in [1.29, 1.82) is 0 Å². The van der Waals surface area contributed by atoms with Crippen LogP contribution in [-0.4, -0.2) is 17.6 Å². The Hall–Kier alpha value is -3.27. The predicted octanol–water partition coefficient (Wildman–Crippen LogP) is 5.01. The third-order valence-corrected chi connectivity index (χ3v) is 5.46. The Morgan fingerprint density at radius 3 is 2.66 bits per heavy atom. The second-order valence-electron chi connectivity index (χ2n) is 7.47. The zero-order valence-electron chi connectivity index (χ0n) is 17.1. The summed E-state index contributed by atoms with van der Waals surface area (Å²) < 4.78 is 7.66. The minimum absolute atomic E-state index is 0.416. The average molecular weight is 385 g/mol. The molecular weight excluding hydrogens is 360 g/mol. The predicted molar refractivity (Wildman–Crippen MR) is 118 cm³/mol. The zero-order valence-corrected chi connectivity index (χ0v) is 17.1. The van der Waals surface area contributed by atoms with Gasteiger partial charge in [-0.1, -0.05) is 37.6 Å². The maximum atomic E-state index is 12.1. The van der Waals surface area contributed by atoms with Gasteiger partial charge in [0.05, 0.1) is 18.1 Å². The Bertz CT molecular complexity index is 1220. The molecule has 29 heavy (non-hydrogen) atoms. The number of hydrogen-bond donors (Lipinski definition) is 1. The summed E-state index contributed by atoms with van der Waals surface area (Å²) in [7, 11) is 1.69. The number of rotatable bonds is 6.